The zero-order valence-corrected chi connectivity index (χ0v) is 13.6. The monoisotopic (exact) mass is 311 g/mol. The van der Waals surface area contributed by atoms with Crippen LogP contribution in [0.4, 0.5) is 0 Å². The third-order valence-corrected chi connectivity index (χ3v) is 5.33. The second-order valence-electron chi connectivity index (χ2n) is 5.65. The van der Waals surface area contributed by atoms with Gasteiger partial charge in [-0.1, -0.05) is 61.9 Å². The smallest absolute Gasteiger partial charge is 0.209 e. The lowest BCUT2D eigenvalue weighted by Crippen LogP contribution is -2.19. The molecular formula is C14H25N5OS. The van der Waals surface area contributed by atoms with Crippen LogP contribution in [0.2, 0.25) is 0 Å². The van der Waals surface area contributed by atoms with E-state index in [4.69, 9.17) is 0 Å². The molecule has 1 aromatic heterocycles. The molecule has 7 heteroatoms. The van der Waals surface area contributed by atoms with E-state index in [0.717, 1.165) is 30.1 Å². The van der Waals surface area contributed by atoms with Crippen molar-refractivity contribution in [3.05, 3.63) is 0 Å². The van der Waals surface area contributed by atoms with Crippen LogP contribution < -0.4 is 0 Å². The normalized spacial score (nSPS) is 24.4. The van der Waals surface area contributed by atoms with E-state index < -0.39 is 0 Å². The van der Waals surface area contributed by atoms with Crippen molar-refractivity contribution in [3.63, 3.8) is 0 Å². The molecule has 0 bridgehead atoms. The molecule has 1 aliphatic rings. The Kier molecular flexibility index (Phi) is 6.99. The van der Waals surface area contributed by atoms with Crippen LogP contribution in [0.5, 0.6) is 0 Å². The lowest BCUT2D eigenvalue weighted by Gasteiger charge is -2.17. The second kappa shape index (κ2) is 9.02. The van der Waals surface area contributed by atoms with Gasteiger partial charge in [-0.25, -0.2) is 4.68 Å². The first-order chi connectivity index (χ1) is 10.3. The highest BCUT2D eigenvalue weighted by Crippen LogP contribution is 2.28. The quantitative estimate of drug-likeness (QED) is 0.669. The number of aryl methyl sites for hydroxylation is 1. The zero-order valence-electron chi connectivity index (χ0n) is 12.7. The fourth-order valence-corrected chi connectivity index (χ4v) is 3.83. The van der Waals surface area contributed by atoms with E-state index in [1.165, 1.54) is 44.9 Å². The summed E-state index contributed by atoms with van der Waals surface area (Å²) < 4.78 is 1.68. The highest BCUT2D eigenvalue weighted by Gasteiger charge is 2.21. The van der Waals surface area contributed by atoms with Crippen LogP contribution >= 0.6 is 11.8 Å². The van der Waals surface area contributed by atoms with Crippen LogP contribution in [-0.4, -0.2) is 36.4 Å². The van der Waals surface area contributed by atoms with Crippen LogP contribution in [0.15, 0.2) is 10.3 Å². The van der Waals surface area contributed by atoms with Gasteiger partial charge in [-0.05, 0) is 29.7 Å². The predicted octanol–water partition coefficient (Wildman–Crippen LogP) is 3.42. The lowest BCUT2D eigenvalue weighted by molar-refractivity contribution is 0.315. The number of thioether (sulfide) groups is 1. The molecule has 1 fully saturated rings. The molecule has 1 saturated carbocycles. The van der Waals surface area contributed by atoms with Gasteiger partial charge in [-0.3, -0.25) is 0 Å². The van der Waals surface area contributed by atoms with E-state index in [1.54, 1.807) is 16.4 Å². The Hall–Kier alpha value is -1.11. The van der Waals surface area contributed by atoms with Gasteiger partial charge in [0.05, 0.1) is 11.0 Å². The summed E-state index contributed by atoms with van der Waals surface area (Å²) in [4.78, 5) is 0. The summed E-state index contributed by atoms with van der Waals surface area (Å²) in [5.74, 6) is 0. The van der Waals surface area contributed by atoms with Crippen LogP contribution in [0.25, 0.3) is 0 Å². The predicted molar refractivity (Wildman–Crippen MR) is 83.8 cm³/mol. The molecule has 0 saturated heterocycles. The van der Waals surface area contributed by atoms with Crippen molar-refractivity contribution < 1.29 is 5.21 Å². The number of nitrogens with zero attached hydrogens (tertiary/aromatic N) is 5. The molecule has 2 rings (SSSR count). The van der Waals surface area contributed by atoms with E-state index >= 15 is 0 Å². The summed E-state index contributed by atoms with van der Waals surface area (Å²) in [5.41, 5.74) is 0.892. The van der Waals surface area contributed by atoms with Crippen molar-refractivity contribution in [2.75, 3.05) is 0 Å². The highest BCUT2D eigenvalue weighted by atomic mass is 32.2. The Morgan fingerprint density at radius 1 is 1.10 bits per heavy atom. The molecule has 118 valence electrons. The molecule has 0 spiro atoms. The molecule has 1 aliphatic carbocycles. The minimum Gasteiger partial charge on any atom is -0.411 e. The third-order valence-electron chi connectivity index (χ3n) is 3.98. The lowest BCUT2D eigenvalue weighted by atomic mass is 9.99. The van der Waals surface area contributed by atoms with Gasteiger partial charge >= 0.3 is 0 Å². The van der Waals surface area contributed by atoms with E-state index in [2.05, 4.69) is 20.7 Å². The SMILES string of the molecule is Cn1nnnc1S[C@@H]1CCCCCCCCCC/C1=N\O. The molecule has 0 aromatic carbocycles. The standard InChI is InChI=1S/C14H25N5OS/c1-19-14(15-17-18-19)21-13-11-9-7-5-3-2-4-6-8-10-12(13)16-20/h13,20H,2-11H2,1H3/b16-12+/t13-/m1/s1. The Morgan fingerprint density at radius 3 is 2.38 bits per heavy atom. The molecular weight excluding hydrogens is 286 g/mol. The van der Waals surface area contributed by atoms with Crippen molar-refractivity contribution in [2.45, 2.75) is 74.6 Å². The summed E-state index contributed by atoms with van der Waals surface area (Å²) in [7, 11) is 1.84. The maximum absolute atomic E-state index is 9.38. The van der Waals surface area contributed by atoms with Gasteiger partial charge in [-0.15, -0.1) is 5.10 Å². The van der Waals surface area contributed by atoms with Gasteiger partial charge < -0.3 is 5.21 Å². The highest BCUT2D eigenvalue weighted by molar-refractivity contribution is 8.00. The summed E-state index contributed by atoms with van der Waals surface area (Å²) in [5, 5.41) is 25.5. The van der Waals surface area contributed by atoms with Gasteiger partial charge in [-0.2, -0.15) is 0 Å². The van der Waals surface area contributed by atoms with Crippen molar-refractivity contribution in [3.8, 4) is 0 Å². The summed E-state index contributed by atoms with van der Waals surface area (Å²) in [6, 6.07) is 0. The van der Waals surface area contributed by atoms with Gasteiger partial charge in [0, 0.05) is 7.05 Å². The maximum atomic E-state index is 9.38. The molecule has 0 aliphatic heterocycles. The molecule has 6 nitrogen and oxygen atoms in total. The van der Waals surface area contributed by atoms with Gasteiger partial charge in [0.2, 0.25) is 5.16 Å². The van der Waals surface area contributed by atoms with Gasteiger partial charge in [0.15, 0.2) is 0 Å². The molecule has 0 radical (unpaired) electrons. The van der Waals surface area contributed by atoms with Crippen molar-refractivity contribution in [1.82, 2.24) is 20.2 Å². The molecule has 1 N–H and O–H groups in total. The summed E-state index contributed by atoms with van der Waals surface area (Å²) in [6.07, 6.45) is 12.0. The number of oxime groups is 1. The summed E-state index contributed by atoms with van der Waals surface area (Å²) in [6.45, 7) is 0. The van der Waals surface area contributed by atoms with Crippen LogP contribution in [0, 0.1) is 0 Å². The largest absolute Gasteiger partial charge is 0.411 e. The first-order valence-corrected chi connectivity index (χ1v) is 8.79. The number of tetrazole rings is 1. The average molecular weight is 311 g/mol. The summed E-state index contributed by atoms with van der Waals surface area (Å²) >= 11 is 1.62. The Labute approximate surface area is 130 Å². The topological polar surface area (TPSA) is 76.2 Å². The number of hydrogen-bond acceptors (Lipinski definition) is 6. The van der Waals surface area contributed by atoms with E-state index in [-0.39, 0.29) is 5.25 Å². The van der Waals surface area contributed by atoms with Crippen molar-refractivity contribution >= 4 is 17.5 Å². The minimum absolute atomic E-state index is 0.180. The fraction of sp³-hybridized carbons (Fsp3) is 0.857. The van der Waals surface area contributed by atoms with Crippen molar-refractivity contribution in [2.24, 2.45) is 12.2 Å². The number of rotatable bonds is 2. The molecule has 1 atom stereocenters. The van der Waals surface area contributed by atoms with Gasteiger partial charge in [0.1, 0.15) is 0 Å². The molecule has 1 heterocycles. The van der Waals surface area contributed by atoms with E-state index in [9.17, 15) is 5.21 Å². The van der Waals surface area contributed by atoms with E-state index in [0.29, 0.717) is 0 Å². The molecule has 0 unspecified atom stereocenters. The van der Waals surface area contributed by atoms with E-state index in [1.807, 2.05) is 7.05 Å². The third kappa shape index (κ3) is 5.30. The first kappa shape index (κ1) is 16.3. The van der Waals surface area contributed by atoms with Crippen LogP contribution in [-0.2, 0) is 7.05 Å². The van der Waals surface area contributed by atoms with Crippen molar-refractivity contribution in [1.29, 1.82) is 0 Å². The molecule has 0 amide bonds. The Bertz CT molecular complexity index is 448. The first-order valence-electron chi connectivity index (χ1n) is 7.91. The molecule has 1 aromatic rings. The zero-order chi connectivity index (χ0) is 14.9. The van der Waals surface area contributed by atoms with Crippen LogP contribution in [0.1, 0.15) is 64.2 Å². The average Bonchev–Trinajstić information content (AvgIpc) is 2.87. The second-order valence-corrected chi connectivity index (χ2v) is 6.82. The Morgan fingerprint density at radius 2 is 1.76 bits per heavy atom. The number of aromatic nitrogens is 4. The van der Waals surface area contributed by atoms with Crippen LogP contribution in [0.3, 0.4) is 0 Å². The fourth-order valence-electron chi connectivity index (χ4n) is 2.71. The number of hydrogen-bond donors (Lipinski definition) is 1. The maximum Gasteiger partial charge on any atom is 0.209 e. The Balaban J connectivity index is 2.01. The van der Waals surface area contributed by atoms with Gasteiger partial charge in [0.25, 0.3) is 0 Å². The molecule has 21 heavy (non-hydrogen) atoms. The minimum atomic E-state index is 0.180.